The molecule has 0 unspecified atom stereocenters. The number of hydrogen-bond acceptors (Lipinski definition) is 3. The molecular weight excluding hydrogens is 155 g/mol. The predicted octanol–water partition coefficient (Wildman–Crippen LogP) is -0.821. The van der Waals surface area contributed by atoms with Crippen LogP contribution in [-0.2, 0) is 9.59 Å². The fraction of sp³-hybridized carbons (Fsp3) is 0.600. The molecule has 0 bridgehead atoms. The van der Waals surface area contributed by atoms with Gasteiger partial charge in [-0.1, -0.05) is 0 Å². The monoisotopic (exact) mass is 164 g/mol. The number of rotatable bonds is 5. The van der Waals surface area contributed by atoms with Gasteiger partial charge in [0.05, 0.1) is 0 Å². The van der Waals surface area contributed by atoms with Crippen molar-refractivity contribution in [2.24, 2.45) is 5.73 Å². The van der Waals surface area contributed by atoms with Crippen LogP contribution in [0.1, 0.15) is 12.8 Å². The van der Waals surface area contributed by atoms with E-state index in [0.717, 1.165) is 5.54 Å². The fourth-order valence-corrected chi connectivity index (χ4v) is 0.518. The molecule has 11 heavy (non-hydrogen) atoms. The lowest BCUT2D eigenvalue weighted by Crippen LogP contribution is -2.37. The summed E-state index contributed by atoms with van der Waals surface area (Å²) in [7, 11) is 0. The van der Waals surface area contributed by atoms with E-state index in [1.807, 2.05) is 0 Å². The number of nitrogens with two attached hydrogens (primary N) is 1. The molecule has 0 rings (SSSR count). The Labute approximate surface area is 62.3 Å². The van der Waals surface area contributed by atoms with Crippen LogP contribution in [0.2, 0.25) is 0 Å². The molecule has 1 amide bonds. The van der Waals surface area contributed by atoms with E-state index < -0.39 is 17.9 Å². The SMILES string of the molecule is NC(=O)[C@H](CCC(=O)O)NF. The molecule has 5 nitrogen and oxygen atoms in total. The van der Waals surface area contributed by atoms with Gasteiger partial charge in [0.25, 0.3) is 0 Å². The number of primary amides is 1. The van der Waals surface area contributed by atoms with Gasteiger partial charge >= 0.3 is 5.97 Å². The first-order valence-electron chi connectivity index (χ1n) is 2.95. The normalized spacial score (nSPS) is 12.5. The Morgan fingerprint density at radius 1 is 1.64 bits per heavy atom. The van der Waals surface area contributed by atoms with Gasteiger partial charge < -0.3 is 10.8 Å². The first-order chi connectivity index (χ1) is 5.07. The molecular formula is C5H9FN2O3. The molecule has 0 spiro atoms. The highest BCUT2D eigenvalue weighted by molar-refractivity contribution is 5.80. The van der Waals surface area contributed by atoms with E-state index in [1.165, 1.54) is 0 Å². The Kier molecular flexibility index (Phi) is 4.12. The van der Waals surface area contributed by atoms with Crippen LogP contribution in [0.25, 0.3) is 0 Å². The van der Waals surface area contributed by atoms with Crippen LogP contribution >= 0.6 is 0 Å². The highest BCUT2D eigenvalue weighted by atomic mass is 19.2. The Hall–Kier alpha value is -1.17. The zero-order chi connectivity index (χ0) is 8.85. The lowest BCUT2D eigenvalue weighted by molar-refractivity contribution is -0.137. The summed E-state index contributed by atoms with van der Waals surface area (Å²) < 4.78 is 11.6. The molecule has 0 saturated heterocycles. The number of aliphatic carboxylic acids is 1. The van der Waals surface area contributed by atoms with E-state index in [2.05, 4.69) is 0 Å². The van der Waals surface area contributed by atoms with Crippen LogP contribution in [0.3, 0.4) is 0 Å². The van der Waals surface area contributed by atoms with Crippen LogP contribution < -0.4 is 11.3 Å². The molecule has 64 valence electrons. The van der Waals surface area contributed by atoms with Crippen molar-refractivity contribution in [3.8, 4) is 0 Å². The summed E-state index contributed by atoms with van der Waals surface area (Å²) in [4.78, 5) is 20.2. The van der Waals surface area contributed by atoms with Gasteiger partial charge in [-0.3, -0.25) is 9.59 Å². The van der Waals surface area contributed by atoms with Crippen LogP contribution in [0.15, 0.2) is 0 Å². The molecule has 0 aliphatic carbocycles. The number of nitrogens with one attached hydrogen (secondary N) is 1. The van der Waals surface area contributed by atoms with E-state index >= 15 is 0 Å². The highest BCUT2D eigenvalue weighted by Gasteiger charge is 2.15. The van der Waals surface area contributed by atoms with Crippen LogP contribution in [0, 0.1) is 0 Å². The van der Waals surface area contributed by atoms with E-state index in [-0.39, 0.29) is 12.8 Å². The average Bonchev–Trinajstić information content (AvgIpc) is 1.87. The van der Waals surface area contributed by atoms with Crippen molar-refractivity contribution in [1.29, 1.82) is 0 Å². The van der Waals surface area contributed by atoms with Crippen molar-refractivity contribution in [1.82, 2.24) is 5.54 Å². The molecule has 1 atom stereocenters. The number of amides is 1. The summed E-state index contributed by atoms with van der Waals surface area (Å²) in [5, 5.41) is 8.14. The van der Waals surface area contributed by atoms with Gasteiger partial charge in [0.15, 0.2) is 0 Å². The zero-order valence-electron chi connectivity index (χ0n) is 5.71. The molecule has 0 aromatic heterocycles. The lowest BCUT2D eigenvalue weighted by Gasteiger charge is -2.06. The second-order valence-electron chi connectivity index (χ2n) is 2.00. The third-order valence-electron chi connectivity index (χ3n) is 1.12. The maximum absolute atomic E-state index is 11.6. The first-order valence-corrected chi connectivity index (χ1v) is 2.95. The van der Waals surface area contributed by atoms with Gasteiger partial charge in [0.1, 0.15) is 6.04 Å². The van der Waals surface area contributed by atoms with Gasteiger partial charge in [0, 0.05) is 6.42 Å². The quantitative estimate of drug-likeness (QED) is 0.463. The van der Waals surface area contributed by atoms with Crippen molar-refractivity contribution < 1.29 is 19.2 Å². The van der Waals surface area contributed by atoms with E-state index in [9.17, 15) is 14.1 Å². The fourth-order valence-electron chi connectivity index (χ4n) is 0.518. The molecule has 0 aromatic rings. The molecule has 6 heteroatoms. The summed E-state index contributed by atoms with van der Waals surface area (Å²) in [5.74, 6) is -1.99. The van der Waals surface area contributed by atoms with E-state index in [0.29, 0.717) is 0 Å². The molecule has 0 fully saturated rings. The third kappa shape index (κ3) is 4.26. The van der Waals surface area contributed by atoms with Crippen LogP contribution in [-0.4, -0.2) is 23.0 Å². The molecule has 0 heterocycles. The van der Waals surface area contributed by atoms with Gasteiger partial charge in [-0.05, 0) is 6.42 Å². The molecule has 4 N–H and O–H groups in total. The summed E-state index contributed by atoms with van der Waals surface area (Å²) >= 11 is 0. The summed E-state index contributed by atoms with van der Waals surface area (Å²) in [6, 6.07) is -1.20. The molecule has 0 radical (unpaired) electrons. The number of carboxylic acids is 1. The van der Waals surface area contributed by atoms with Crippen molar-refractivity contribution >= 4 is 11.9 Å². The Balaban J connectivity index is 3.70. The Morgan fingerprint density at radius 2 is 2.18 bits per heavy atom. The Morgan fingerprint density at radius 3 is 2.45 bits per heavy atom. The summed E-state index contributed by atoms with van der Waals surface area (Å²) in [6.45, 7) is 0. The molecule has 0 aliphatic heterocycles. The predicted molar refractivity (Wildman–Crippen MR) is 34.1 cm³/mol. The molecule has 0 aliphatic rings. The number of halogens is 1. The minimum absolute atomic E-state index is 0.138. The maximum Gasteiger partial charge on any atom is 0.303 e. The third-order valence-corrected chi connectivity index (χ3v) is 1.12. The number of carbonyl (C=O) groups is 2. The second kappa shape index (κ2) is 4.62. The second-order valence-corrected chi connectivity index (χ2v) is 2.00. The standard InChI is InChI=1S/C5H9FN2O3/c6-8-3(5(7)11)1-2-4(9)10/h3,8H,1-2H2,(H2,7,11)(H,9,10)/t3-/m0/s1. The highest BCUT2D eigenvalue weighted by Crippen LogP contribution is 1.96. The van der Waals surface area contributed by atoms with E-state index in [4.69, 9.17) is 10.8 Å². The first kappa shape index (κ1) is 9.83. The van der Waals surface area contributed by atoms with Crippen molar-refractivity contribution in [2.45, 2.75) is 18.9 Å². The molecule has 0 saturated carbocycles. The summed E-state index contributed by atoms with van der Waals surface area (Å²) in [6.07, 6.45) is -0.425. The minimum Gasteiger partial charge on any atom is -0.481 e. The van der Waals surface area contributed by atoms with Gasteiger partial charge in [-0.15, -0.1) is 10.0 Å². The summed E-state index contributed by atoms with van der Waals surface area (Å²) in [5.41, 5.74) is 5.82. The van der Waals surface area contributed by atoms with Crippen LogP contribution in [0.4, 0.5) is 4.48 Å². The molecule has 0 aromatic carbocycles. The van der Waals surface area contributed by atoms with Crippen molar-refractivity contribution in [3.63, 3.8) is 0 Å². The smallest absolute Gasteiger partial charge is 0.303 e. The Bertz CT molecular complexity index is 162. The topological polar surface area (TPSA) is 92.4 Å². The van der Waals surface area contributed by atoms with Gasteiger partial charge in [0.2, 0.25) is 5.91 Å². The largest absolute Gasteiger partial charge is 0.481 e. The maximum atomic E-state index is 11.6. The average molecular weight is 164 g/mol. The number of hydrogen-bond donors (Lipinski definition) is 3. The van der Waals surface area contributed by atoms with Gasteiger partial charge in [-0.2, -0.15) is 0 Å². The lowest BCUT2D eigenvalue weighted by atomic mass is 10.1. The minimum atomic E-state index is -1.20. The van der Waals surface area contributed by atoms with Crippen molar-refractivity contribution in [2.75, 3.05) is 0 Å². The van der Waals surface area contributed by atoms with E-state index in [1.54, 1.807) is 0 Å². The van der Waals surface area contributed by atoms with Crippen LogP contribution in [0.5, 0.6) is 0 Å². The number of carbonyl (C=O) groups excluding carboxylic acids is 1. The zero-order valence-corrected chi connectivity index (χ0v) is 5.71. The number of carboxylic acid groups (broad SMARTS) is 1. The van der Waals surface area contributed by atoms with Gasteiger partial charge in [-0.25, -0.2) is 0 Å². The van der Waals surface area contributed by atoms with Crippen molar-refractivity contribution in [3.05, 3.63) is 0 Å².